The van der Waals surface area contributed by atoms with Gasteiger partial charge in [-0.25, -0.2) is 13.5 Å². The highest BCUT2D eigenvalue weighted by Gasteiger charge is 2.26. The molecule has 0 N–H and O–H groups in total. The second-order valence-electron chi connectivity index (χ2n) is 6.71. The number of carbonyl (C=O) groups is 2. The molecule has 8 heteroatoms. The second-order valence-corrected chi connectivity index (χ2v) is 6.71. The molecule has 148 valence electrons. The van der Waals surface area contributed by atoms with Crippen LogP contribution in [0, 0.1) is 11.6 Å². The fourth-order valence-corrected chi connectivity index (χ4v) is 3.29. The average Bonchev–Trinajstić information content (AvgIpc) is 3.30. The van der Waals surface area contributed by atoms with Gasteiger partial charge in [-0.05, 0) is 48.5 Å². The van der Waals surface area contributed by atoms with Crippen molar-refractivity contribution in [2.45, 2.75) is 0 Å². The molecule has 1 fully saturated rings. The molecule has 1 aliphatic heterocycles. The topological polar surface area (TPSA) is 58.4 Å². The van der Waals surface area contributed by atoms with Crippen LogP contribution in [0.3, 0.4) is 0 Å². The summed E-state index contributed by atoms with van der Waals surface area (Å²) < 4.78 is 28.1. The van der Waals surface area contributed by atoms with Gasteiger partial charge in [0.25, 0.3) is 11.8 Å². The van der Waals surface area contributed by atoms with E-state index in [1.165, 1.54) is 11.0 Å². The third-order valence-electron chi connectivity index (χ3n) is 4.90. The third-order valence-corrected chi connectivity index (χ3v) is 4.90. The number of rotatable bonds is 3. The predicted octanol–water partition coefficient (Wildman–Crippen LogP) is 2.75. The summed E-state index contributed by atoms with van der Waals surface area (Å²) in [5.41, 5.74) is 1.51. The number of amides is 2. The van der Waals surface area contributed by atoms with Crippen molar-refractivity contribution in [2.24, 2.45) is 0 Å². The molecule has 1 aromatic heterocycles. The Balaban J connectivity index is 1.38. The summed E-state index contributed by atoms with van der Waals surface area (Å²) in [5, 5.41) is 4.15. The van der Waals surface area contributed by atoms with E-state index in [1.807, 2.05) is 24.4 Å². The molecule has 6 nitrogen and oxygen atoms in total. The summed E-state index contributed by atoms with van der Waals surface area (Å²) in [7, 11) is 0. The van der Waals surface area contributed by atoms with Gasteiger partial charge >= 0.3 is 0 Å². The van der Waals surface area contributed by atoms with Crippen LogP contribution in [0.2, 0.25) is 0 Å². The van der Waals surface area contributed by atoms with Crippen LogP contribution in [0.15, 0.2) is 60.9 Å². The maximum Gasteiger partial charge on any atom is 0.254 e. The lowest BCUT2D eigenvalue weighted by atomic mass is 10.1. The maximum absolute atomic E-state index is 13.4. The first kappa shape index (κ1) is 18.8. The molecule has 1 aliphatic rings. The van der Waals surface area contributed by atoms with Crippen molar-refractivity contribution in [1.82, 2.24) is 19.6 Å². The van der Waals surface area contributed by atoms with Gasteiger partial charge in [-0.1, -0.05) is 0 Å². The highest BCUT2D eigenvalue weighted by Crippen LogP contribution is 2.15. The number of piperazine rings is 1. The molecule has 3 aromatic rings. The summed E-state index contributed by atoms with van der Waals surface area (Å²) in [6.45, 7) is 1.40. The Kier molecular flexibility index (Phi) is 5.07. The zero-order valence-electron chi connectivity index (χ0n) is 15.5. The SMILES string of the molecule is O=C(c1ccc(-n2cccn2)cc1)N1CCN(C(=O)c2ccc(F)c(F)c2)CC1. The first-order valence-electron chi connectivity index (χ1n) is 9.16. The number of hydrogen-bond donors (Lipinski definition) is 0. The van der Waals surface area contributed by atoms with E-state index in [9.17, 15) is 18.4 Å². The van der Waals surface area contributed by atoms with Crippen molar-refractivity contribution < 1.29 is 18.4 Å². The van der Waals surface area contributed by atoms with Crippen LogP contribution in [0.1, 0.15) is 20.7 Å². The number of halogens is 2. The lowest BCUT2D eigenvalue weighted by molar-refractivity contribution is 0.0535. The van der Waals surface area contributed by atoms with E-state index in [1.54, 1.807) is 27.9 Å². The van der Waals surface area contributed by atoms with Gasteiger partial charge in [-0.15, -0.1) is 0 Å². The minimum absolute atomic E-state index is 0.0953. The van der Waals surface area contributed by atoms with Crippen LogP contribution in [0.25, 0.3) is 5.69 Å². The molecule has 2 amide bonds. The normalized spacial score (nSPS) is 14.1. The van der Waals surface area contributed by atoms with Gasteiger partial charge in [0.1, 0.15) is 0 Å². The van der Waals surface area contributed by atoms with E-state index in [0.717, 1.165) is 17.8 Å². The molecular weight excluding hydrogens is 378 g/mol. The molecular formula is C21H18F2N4O2. The van der Waals surface area contributed by atoms with Crippen LogP contribution in [-0.4, -0.2) is 57.6 Å². The molecule has 1 saturated heterocycles. The Hall–Kier alpha value is -3.55. The van der Waals surface area contributed by atoms with Crippen LogP contribution in [0.4, 0.5) is 8.78 Å². The van der Waals surface area contributed by atoms with Crippen molar-refractivity contribution in [3.63, 3.8) is 0 Å². The zero-order chi connectivity index (χ0) is 20.4. The van der Waals surface area contributed by atoms with E-state index < -0.39 is 11.6 Å². The van der Waals surface area contributed by atoms with E-state index >= 15 is 0 Å². The van der Waals surface area contributed by atoms with Crippen LogP contribution >= 0.6 is 0 Å². The Morgan fingerprint density at radius 3 is 1.93 bits per heavy atom. The quantitative estimate of drug-likeness (QED) is 0.684. The summed E-state index contributed by atoms with van der Waals surface area (Å²) >= 11 is 0. The van der Waals surface area contributed by atoms with Crippen LogP contribution < -0.4 is 0 Å². The Labute approximate surface area is 166 Å². The van der Waals surface area contributed by atoms with Gasteiger partial charge in [0, 0.05) is 49.7 Å². The van der Waals surface area contributed by atoms with Gasteiger partial charge in [-0.3, -0.25) is 9.59 Å². The molecule has 2 heterocycles. The fraction of sp³-hybridized carbons (Fsp3) is 0.190. The second kappa shape index (κ2) is 7.83. The third kappa shape index (κ3) is 3.87. The molecule has 0 unspecified atom stereocenters. The Bertz CT molecular complexity index is 1030. The number of nitrogens with zero attached hydrogens (tertiary/aromatic N) is 4. The van der Waals surface area contributed by atoms with Gasteiger partial charge in [0.2, 0.25) is 0 Å². The zero-order valence-corrected chi connectivity index (χ0v) is 15.5. The van der Waals surface area contributed by atoms with Crippen LogP contribution in [-0.2, 0) is 0 Å². The van der Waals surface area contributed by atoms with Crippen molar-refractivity contribution in [1.29, 1.82) is 0 Å². The smallest absolute Gasteiger partial charge is 0.254 e. The molecule has 0 radical (unpaired) electrons. The predicted molar refractivity (Wildman–Crippen MR) is 102 cm³/mol. The van der Waals surface area contributed by atoms with Crippen molar-refractivity contribution >= 4 is 11.8 Å². The van der Waals surface area contributed by atoms with E-state index in [0.29, 0.717) is 31.7 Å². The Morgan fingerprint density at radius 1 is 0.793 bits per heavy atom. The summed E-state index contributed by atoms with van der Waals surface area (Å²) in [6.07, 6.45) is 3.50. The summed E-state index contributed by atoms with van der Waals surface area (Å²) in [5.74, 6) is -2.53. The lowest BCUT2D eigenvalue weighted by Crippen LogP contribution is -2.50. The fourth-order valence-electron chi connectivity index (χ4n) is 3.29. The monoisotopic (exact) mass is 396 g/mol. The maximum atomic E-state index is 13.4. The number of aromatic nitrogens is 2. The van der Waals surface area contributed by atoms with E-state index in [4.69, 9.17) is 0 Å². The lowest BCUT2D eigenvalue weighted by Gasteiger charge is -2.35. The van der Waals surface area contributed by atoms with Gasteiger partial charge in [0.05, 0.1) is 5.69 Å². The van der Waals surface area contributed by atoms with E-state index in [-0.39, 0.29) is 17.4 Å². The summed E-state index contributed by atoms with van der Waals surface area (Å²) in [4.78, 5) is 28.4. The van der Waals surface area contributed by atoms with Crippen molar-refractivity contribution in [3.05, 3.63) is 83.7 Å². The number of hydrogen-bond acceptors (Lipinski definition) is 3. The van der Waals surface area contributed by atoms with Gasteiger partial charge < -0.3 is 9.80 Å². The molecule has 0 bridgehead atoms. The number of benzene rings is 2. The highest BCUT2D eigenvalue weighted by atomic mass is 19.2. The molecule has 0 aliphatic carbocycles. The molecule has 0 atom stereocenters. The van der Waals surface area contributed by atoms with Gasteiger partial charge in [0.15, 0.2) is 11.6 Å². The standard InChI is InChI=1S/C21H18F2N4O2/c22-18-7-4-16(14-19(18)23)21(29)26-12-10-25(11-13-26)20(28)15-2-5-17(6-3-15)27-9-1-8-24-27/h1-9,14H,10-13H2. The molecule has 0 saturated carbocycles. The van der Waals surface area contributed by atoms with Gasteiger partial charge in [-0.2, -0.15) is 5.10 Å². The first-order chi connectivity index (χ1) is 14.0. The van der Waals surface area contributed by atoms with Crippen molar-refractivity contribution in [2.75, 3.05) is 26.2 Å². The van der Waals surface area contributed by atoms with Crippen LogP contribution in [0.5, 0.6) is 0 Å². The largest absolute Gasteiger partial charge is 0.335 e. The van der Waals surface area contributed by atoms with Crippen molar-refractivity contribution in [3.8, 4) is 5.69 Å². The van der Waals surface area contributed by atoms with E-state index in [2.05, 4.69) is 5.10 Å². The summed E-state index contributed by atoms with van der Waals surface area (Å²) in [6, 6.07) is 12.1. The minimum atomic E-state index is -1.05. The molecule has 0 spiro atoms. The number of carbonyl (C=O) groups excluding carboxylic acids is 2. The Morgan fingerprint density at radius 2 is 1.38 bits per heavy atom. The molecule has 29 heavy (non-hydrogen) atoms. The first-order valence-corrected chi connectivity index (χ1v) is 9.16. The minimum Gasteiger partial charge on any atom is -0.335 e. The molecule has 4 rings (SSSR count). The molecule has 2 aromatic carbocycles. The average molecular weight is 396 g/mol. The highest BCUT2D eigenvalue weighted by molar-refractivity contribution is 5.96.